The first kappa shape index (κ1) is 24.7. The van der Waals surface area contributed by atoms with Gasteiger partial charge in [-0.25, -0.2) is 4.98 Å². The van der Waals surface area contributed by atoms with Gasteiger partial charge >= 0.3 is 0 Å². The Morgan fingerprint density at radius 2 is 1.74 bits per heavy atom. The van der Waals surface area contributed by atoms with Crippen LogP contribution in [0.2, 0.25) is 0 Å². The van der Waals surface area contributed by atoms with Crippen LogP contribution in [0, 0.1) is 18.3 Å². The summed E-state index contributed by atoms with van der Waals surface area (Å²) in [6.07, 6.45) is 8.31. The van der Waals surface area contributed by atoms with Gasteiger partial charge in [-0.05, 0) is 80.4 Å². The van der Waals surface area contributed by atoms with E-state index in [9.17, 15) is 0 Å². The number of pyridine rings is 1. The third-order valence-electron chi connectivity index (χ3n) is 7.85. The maximum atomic E-state index is 8.98. The molecule has 2 aliphatic rings. The summed E-state index contributed by atoms with van der Waals surface area (Å²) in [5.41, 5.74) is 4.79. The molecule has 5 nitrogen and oxygen atoms in total. The number of aryl methyl sites for hydroxylation is 1. The molecule has 182 valence electrons. The molecule has 2 aliphatic heterocycles. The number of hydrogen-bond acceptors (Lipinski definition) is 5. The summed E-state index contributed by atoms with van der Waals surface area (Å²) in [5.74, 6) is 1.83. The highest BCUT2D eigenvalue weighted by molar-refractivity contribution is 5.48. The maximum Gasteiger partial charge on any atom is 0.131 e. The van der Waals surface area contributed by atoms with Gasteiger partial charge in [-0.1, -0.05) is 38.5 Å². The minimum Gasteiger partial charge on any atom is -0.354 e. The molecule has 0 amide bonds. The lowest BCUT2D eigenvalue weighted by Gasteiger charge is -2.43. The van der Waals surface area contributed by atoms with E-state index in [0.717, 1.165) is 51.4 Å². The molecule has 0 spiro atoms. The van der Waals surface area contributed by atoms with Crippen molar-refractivity contribution < 1.29 is 0 Å². The fourth-order valence-corrected chi connectivity index (χ4v) is 5.78. The van der Waals surface area contributed by atoms with Crippen molar-refractivity contribution in [1.29, 1.82) is 5.26 Å². The molecule has 1 unspecified atom stereocenters. The van der Waals surface area contributed by atoms with Crippen LogP contribution in [-0.2, 0) is 6.54 Å². The summed E-state index contributed by atoms with van der Waals surface area (Å²) in [6, 6.07) is 13.3. The first-order valence-corrected chi connectivity index (χ1v) is 13.3. The maximum absolute atomic E-state index is 8.98. The van der Waals surface area contributed by atoms with Crippen LogP contribution >= 0.6 is 0 Å². The number of piperidine rings is 1. The van der Waals surface area contributed by atoms with E-state index in [1.165, 1.54) is 54.6 Å². The van der Waals surface area contributed by atoms with Gasteiger partial charge in [0.05, 0.1) is 11.6 Å². The zero-order chi connectivity index (χ0) is 23.9. The minimum absolute atomic E-state index is 0.643. The number of benzene rings is 1. The van der Waals surface area contributed by atoms with E-state index in [4.69, 9.17) is 10.2 Å². The molecule has 0 aliphatic carbocycles. The third-order valence-corrected chi connectivity index (χ3v) is 7.85. The standard InChI is InChI=1S/C29H41N5/c1-4-6-26(5-2)27-19-23(3)29(31-21-27)34-17-15-33(16-18-34)28-11-13-32(14-12-28)22-25-9-7-24(20-30)8-10-25/h7-10,19,21,26,28H,4-6,11-18,22H2,1-3H3. The number of nitriles is 1. The van der Waals surface area contributed by atoms with Crippen molar-refractivity contribution in [2.24, 2.45) is 0 Å². The van der Waals surface area contributed by atoms with Crippen LogP contribution in [0.5, 0.6) is 0 Å². The molecule has 0 bridgehead atoms. The van der Waals surface area contributed by atoms with Crippen molar-refractivity contribution in [3.63, 3.8) is 0 Å². The Hall–Kier alpha value is -2.42. The monoisotopic (exact) mass is 459 g/mol. The summed E-state index contributed by atoms with van der Waals surface area (Å²) in [4.78, 5) is 12.7. The van der Waals surface area contributed by atoms with E-state index in [-0.39, 0.29) is 0 Å². The summed E-state index contributed by atoms with van der Waals surface area (Å²) in [5, 5.41) is 8.98. The van der Waals surface area contributed by atoms with Crippen molar-refractivity contribution in [3.8, 4) is 6.07 Å². The summed E-state index contributed by atoms with van der Waals surface area (Å²) in [6.45, 7) is 14.5. The van der Waals surface area contributed by atoms with E-state index < -0.39 is 0 Å². The van der Waals surface area contributed by atoms with Gasteiger partial charge < -0.3 is 4.90 Å². The first-order valence-electron chi connectivity index (χ1n) is 13.3. The fraction of sp³-hybridized carbons (Fsp3) is 0.586. The summed E-state index contributed by atoms with van der Waals surface area (Å²) >= 11 is 0. The van der Waals surface area contributed by atoms with Crippen LogP contribution < -0.4 is 4.90 Å². The Morgan fingerprint density at radius 1 is 1.03 bits per heavy atom. The van der Waals surface area contributed by atoms with Gasteiger partial charge in [-0.3, -0.25) is 9.80 Å². The Kier molecular flexibility index (Phi) is 8.59. The minimum atomic E-state index is 0.643. The molecule has 2 aromatic rings. The Balaban J connectivity index is 1.25. The molecular weight excluding hydrogens is 418 g/mol. The average molecular weight is 460 g/mol. The largest absolute Gasteiger partial charge is 0.354 e. The van der Waals surface area contributed by atoms with Gasteiger partial charge in [0, 0.05) is 45.0 Å². The zero-order valence-electron chi connectivity index (χ0n) is 21.3. The SMILES string of the molecule is CCCC(CC)c1cnc(N2CCN(C3CCN(Cc4ccc(C#N)cc4)CC3)CC2)c(C)c1. The highest BCUT2D eigenvalue weighted by atomic mass is 15.3. The molecule has 1 aromatic heterocycles. The van der Waals surface area contributed by atoms with Gasteiger partial charge in [0.1, 0.15) is 5.82 Å². The average Bonchev–Trinajstić information content (AvgIpc) is 2.88. The predicted molar refractivity (Wildman–Crippen MR) is 140 cm³/mol. The molecule has 3 heterocycles. The number of anilines is 1. The highest BCUT2D eigenvalue weighted by Crippen LogP contribution is 2.29. The van der Waals surface area contributed by atoms with Crippen molar-refractivity contribution in [1.82, 2.24) is 14.8 Å². The molecule has 5 heteroatoms. The predicted octanol–water partition coefficient (Wildman–Crippen LogP) is 5.34. The number of rotatable bonds is 8. The topological polar surface area (TPSA) is 46.4 Å². The molecule has 34 heavy (non-hydrogen) atoms. The lowest BCUT2D eigenvalue weighted by Crippen LogP contribution is -2.53. The van der Waals surface area contributed by atoms with Crippen molar-refractivity contribution >= 4 is 5.82 Å². The van der Waals surface area contributed by atoms with Gasteiger partial charge in [0.25, 0.3) is 0 Å². The molecule has 0 saturated carbocycles. The number of nitrogens with zero attached hydrogens (tertiary/aromatic N) is 5. The van der Waals surface area contributed by atoms with Gasteiger partial charge in [-0.2, -0.15) is 5.26 Å². The van der Waals surface area contributed by atoms with Gasteiger partial charge in [0.2, 0.25) is 0 Å². The lowest BCUT2D eigenvalue weighted by molar-refractivity contribution is 0.0997. The molecule has 0 radical (unpaired) electrons. The van der Waals surface area contributed by atoms with E-state index in [1.807, 2.05) is 12.1 Å². The van der Waals surface area contributed by atoms with Crippen LogP contribution in [0.4, 0.5) is 5.82 Å². The Bertz CT molecular complexity index is 947. The third kappa shape index (κ3) is 5.98. The number of piperazine rings is 1. The van der Waals surface area contributed by atoms with Crippen LogP contribution in [-0.4, -0.2) is 60.1 Å². The summed E-state index contributed by atoms with van der Waals surface area (Å²) < 4.78 is 0. The molecule has 2 fully saturated rings. The van der Waals surface area contributed by atoms with Crippen molar-refractivity contribution in [3.05, 3.63) is 58.8 Å². The molecule has 0 N–H and O–H groups in total. The van der Waals surface area contributed by atoms with Crippen LogP contribution in [0.1, 0.15) is 74.1 Å². The normalized spacial score (nSPS) is 19.2. The number of aromatic nitrogens is 1. The number of likely N-dealkylation sites (tertiary alicyclic amines) is 1. The van der Waals surface area contributed by atoms with Gasteiger partial charge in [0.15, 0.2) is 0 Å². The lowest BCUT2D eigenvalue weighted by atomic mass is 9.92. The summed E-state index contributed by atoms with van der Waals surface area (Å²) in [7, 11) is 0. The fourth-order valence-electron chi connectivity index (χ4n) is 5.78. The second-order valence-electron chi connectivity index (χ2n) is 10.1. The van der Waals surface area contributed by atoms with Gasteiger partial charge in [-0.15, -0.1) is 0 Å². The van der Waals surface area contributed by atoms with Crippen molar-refractivity contribution in [2.75, 3.05) is 44.2 Å². The smallest absolute Gasteiger partial charge is 0.131 e. The van der Waals surface area contributed by atoms with E-state index in [1.54, 1.807) is 0 Å². The molecular formula is C29H41N5. The molecule has 2 saturated heterocycles. The molecule has 4 rings (SSSR count). The van der Waals surface area contributed by atoms with E-state index in [2.05, 4.69) is 65.9 Å². The van der Waals surface area contributed by atoms with Crippen LogP contribution in [0.15, 0.2) is 36.5 Å². The first-order chi connectivity index (χ1) is 16.6. The van der Waals surface area contributed by atoms with Crippen LogP contribution in [0.3, 0.4) is 0 Å². The van der Waals surface area contributed by atoms with Crippen LogP contribution in [0.25, 0.3) is 0 Å². The van der Waals surface area contributed by atoms with E-state index in [0.29, 0.717) is 12.0 Å². The molecule has 1 atom stereocenters. The Labute approximate surface area is 206 Å². The van der Waals surface area contributed by atoms with Crippen molar-refractivity contribution in [2.45, 2.75) is 71.4 Å². The number of hydrogen-bond donors (Lipinski definition) is 0. The Morgan fingerprint density at radius 3 is 2.32 bits per heavy atom. The second kappa shape index (κ2) is 11.8. The quantitative estimate of drug-likeness (QED) is 0.533. The second-order valence-corrected chi connectivity index (χ2v) is 10.1. The molecule has 1 aromatic carbocycles. The zero-order valence-corrected chi connectivity index (χ0v) is 21.3. The van der Waals surface area contributed by atoms with E-state index >= 15 is 0 Å². The highest BCUT2D eigenvalue weighted by Gasteiger charge is 2.28.